The van der Waals surface area contributed by atoms with Crippen molar-refractivity contribution in [2.45, 2.75) is 0 Å². The Morgan fingerprint density at radius 2 is 1.25 bits per heavy atom. The molecule has 0 fully saturated rings. The van der Waals surface area contributed by atoms with Crippen LogP contribution in [0.4, 0.5) is 0 Å². The van der Waals surface area contributed by atoms with Crippen LogP contribution in [0, 0.1) is 50.7 Å². The molecule has 0 aromatic carbocycles. The van der Waals surface area contributed by atoms with Gasteiger partial charge in [-0.1, -0.05) is 0 Å². The molecule has 0 spiro atoms. The van der Waals surface area contributed by atoms with Crippen molar-refractivity contribution in [2.24, 2.45) is 0 Å². The summed E-state index contributed by atoms with van der Waals surface area (Å²) in [5.41, 5.74) is 0. The number of hydrogen-bond donors (Lipinski definition) is 0. The van der Waals surface area contributed by atoms with Crippen LogP contribution in [0.2, 0.25) is 0 Å². The zero-order valence-corrected chi connectivity index (χ0v) is 13.8. The molecule has 0 radical (unpaired) electrons. The molecule has 0 aliphatic rings. The zero-order chi connectivity index (χ0) is 2.00. The first-order chi connectivity index (χ1) is 1.00. The molecule has 0 N–H and O–H groups in total. The van der Waals surface area contributed by atoms with Gasteiger partial charge in [0.1, 0.15) is 0 Å². The van der Waals surface area contributed by atoms with E-state index < -0.39 is 0 Å². The SMILES string of the molecule is [Pd].[Pr][U].[Zr]. The van der Waals surface area contributed by atoms with Crippen LogP contribution in [-0.4, -0.2) is 0 Å². The molecule has 0 aliphatic heterocycles. The second-order valence-electron chi connectivity index (χ2n) is 0. The summed E-state index contributed by atoms with van der Waals surface area (Å²) >= 11 is 2.66. The molecule has 0 saturated carbocycles. The summed E-state index contributed by atoms with van der Waals surface area (Å²) in [6.07, 6.45) is 0. The van der Waals surface area contributed by atoms with Crippen molar-refractivity contribution in [1.82, 2.24) is 0 Å². The van der Waals surface area contributed by atoms with E-state index in [0.29, 0.717) is 0 Å². The smallest absolute Gasteiger partial charge is 0 e. The minimum Gasteiger partial charge on any atom is 0 e. The Balaban J connectivity index is -0.00000000500. The third-order valence-electron chi connectivity index (χ3n) is 0. The third kappa shape index (κ3) is 9.35. The van der Waals surface area contributed by atoms with Crippen LogP contribution in [0.1, 0.15) is 0 Å². The van der Waals surface area contributed by atoms with Gasteiger partial charge in [-0.25, -0.2) is 0 Å². The summed E-state index contributed by atoms with van der Waals surface area (Å²) in [5, 5.41) is 0. The Hall–Kier alpha value is 3.96. The van der Waals surface area contributed by atoms with Gasteiger partial charge in [0.2, 0.25) is 0 Å². The predicted molar refractivity (Wildman–Crippen MR) is 0 cm³/mol. The normalized spacial score (nSPS) is 1.25. The molecule has 0 aliphatic carbocycles. The van der Waals surface area contributed by atoms with Gasteiger partial charge in [0.15, 0.2) is 0 Å². The maximum Gasteiger partial charge on any atom is 0 e. The first kappa shape index (κ1) is 15.7. The molecule has 0 saturated heterocycles. The maximum atomic E-state index is 1.34. The van der Waals surface area contributed by atoms with E-state index in [1.54, 1.807) is 0 Å². The Kier molecular flexibility index (Phi) is 61.8. The monoisotopic (exact) mass is 575 g/mol. The van der Waals surface area contributed by atoms with Gasteiger partial charge in [-0.15, -0.1) is 0 Å². The van der Waals surface area contributed by atoms with E-state index in [0.717, 1.165) is 0 Å². The van der Waals surface area contributed by atoms with E-state index in [9.17, 15) is 0 Å². The standard InChI is InChI=1S/Pd.Pr.U.Zr. The fourth-order valence-corrected chi connectivity index (χ4v) is 0. The van der Waals surface area contributed by atoms with Gasteiger partial charge in [-0.05, 0) is 0 Å². The summed E-state index contributed by atoms with van der Waals surface area (Å²) < 4.78 is 0. The van der Waals surface area contributed by atoms with Crippen molar-refractivity contribution in [3.63, 3.8) is 0 Å². The van der Waals surface area contributed by atoms with Crippen molar-refractivity contribution in [3.05, 3.63) is 0 Å². The molecule has 0 bridgehead atoms. The Morgan fingerprint density at radius 3 is 1.25 bits per heavy atom. The van der Waals surface area contributed by atoms with Crippen LogP contribution >= 0.6 is 0 Å². The molecule has 4 heavy (non-hydrogen) atoms. The van der Waals surface area contributed by atoms with E-state index in [4.69, 9.17) is 0 Å². The Labute approximate surface area is 94.0 Å². The van der Waals surface area contributed by atoms with Crippen LogP contribution in [-0.2, 0) is 46.6 Å². The zero-order valence-electron chi connectivity index (χ0n) is 1.89. The fourth-order valence-electron chi connectivity index (χ4n) is 0. The quantitative estimate of drug-likeness (QED) is 0.357. The van der Waals surface area contributed by atoms with Gasteiger partial charge in [-0.2, -0.15) is 0 Å². The van der Waals surface area contributed by atoms with Gasteiger partial charge in [0.05, 0.1) is 0 Å². The average Bonchev–Trinajstić information content (AvgIpc) is 1.00. The van der Waals surface area contributed by atoms with Crippen LogP contribution in [0.3, 0.4) is 0 Å². The van der Waals surface area contributed by atoms with E-state index in [1.165, 1.54) is 50.7 Å². The van der Waals surface area contributed by atoms with Gasteiger partial charge in [0, 0.05) is 46.6 Å². The number of hydrogen-bond acceptors (Lipinski definition) is 0. The van der Waals surface area contributed by atoms with Crippen LogP contribution in [0.15, 0.2) is 0 Å². The fraction of sp³-hybridized carbons (Fsp3) is 0. The molecule has 0 heterocycles. The molecule has 0 unspecified atom stereocenters. The molecule has 0 aromatic heterocycles. The Morgan fingerprint density at radius 1 is 1.25 bits per heavy atom. The van der Waals surface area contributed by atoms with Crippen LogP contribution in [0.5, 0.6) is 0 Å². The van der Waals surface area contributed by atoms with E-state index in [2.05, 4.69) is 0 Å². The van der Waals surface area contributed by atoms with Crippen molar-refractivity contribution >= 4 is 0 Å². The van der Waals surface area contributed by atoms with E-state index in [-0.39, 0.29) is 46.6 Å². The average molecular weight is 577 g/mol. The summed E-state index contributed by atoms with van der Waals surface area (Å²) in [4.78, 5) is 0. The van der Waals surface area contributed by atoms with Crippen LogP contribution in [0.25, 0.3) is 0 Å². The molecule has 21 valence electrons. The van der Waals surface area contributed by atoms with Crippen molar-refractivity contribution in [1.29, 1.82) is 0 Å². The van der Waals surface area contributed by atoms with Crippen molar-refractivity contribution in [3.8, 4) is 0 Å². The minimum atomic E-state index is 0. The maximum absolute atomic E-state index is 1.34. The second-order valence-corrected chi connectivity index (χ2v) is 0. The topological polar surface area (TPSA) is 0 Å². The second kappa shape index (κ2) is 15.8. The molecular weight excluding hydrogens is 577 g/mol. The molecular formula is PdPrUZr. The Bertz CT molecular complexity index is 8.00. The molecule has 0 rings (SSSR count). The molecule has 0 atom stereocenters. The molecule has 0 aromatic rings. The summed E-state index contributed by atoms with van der Waals surface area (Å²) in [6.45, 7) is 0. The molecule has 0 amide bonds. The summed E-state index contributed by atoms with van der Waals surface area (Å²) in [5.74, 6) is 0. The van der Waals surface area contributed by atoms with Crippen molar-refractivity contribution in [2.75, 3.05) is 0 Å². The number of rotatable bonds is 0. The minimum absolute atomic E-state index is 0. The summed E-state index contributed by atoms with van der Waals surface area (Å²) in [7, 11) is 0. The summed E-state index contributed by atoms with van der Waals surface area (Å²) in [6, 6.07) is 0. The first-order valence-electron chi connectivity index (χ1n) is 0.289. The van der Waals surface area contributed by atoms with E-state index in [1.807, 2.05) is 0 Å². The van der Waals surface area contributed by atoms with Gasteiger partial charge >= 0.3 is 50.7 Å². The molecule has 0 nitrogen and oxygen atoms in total. The first-order valence-corrected chi connectivity index (χ1v) is 20.0. The predicted octanol–water partition coefficient (Wildman–Crippen LogP) is -0.00500. The van der Waals surface area contributed by atoms with E-state index >= 15 is 0 Å². The largest absolute Gasteiger partial charge is 0 e. The van der Waals surface area contributed by atoms with Gasteiger partial charge < -0.3 is 0 Å². The molecule has 4 heteroatoms. The third-order valence-corrected chi connectivity index (χ3v) is 0. The van der Waals surface area contributed by atoms with Crippen molar-refractivity contribution < 1.29 is 97.3 Å². The van der Waals surface area contributed by atoms with Crippen LogP contribution < -0.4 is 0 Å². The van der Waals surface area contributed by atoms with Gasteiger partial charge in [-0.3, -0.25) is 0 Å². The van der Waals surface area contributed by atoms with Gasteiger partial charge in [0.25, 0.3) is 0 Å².